The lowest BCUT2D eigenvalue weighted by Crippen LogP contribution is -2.50. The molecule has 3 fully saturated rings. The summed E-state index contributed by atoms with van der Waals surface area (Å²) in [6, 6.07) is 9.92. The number of hydrogen-bond donors (Lipinski definition) is 1. The molecule has 2 aromatic heterocycles. The van der Waals surface area contributed by atoms with E-state index in [2.05, 4.69) is 31.0 Å². The Kier molecular flexibility index (Phi) is 7.30. The van der Waals surface area contributed by atoms with Gasteiger partial charge in [0.1, 0.15) is 11.6 Å². The van der Waals surface area contributed by atoms with Crippen LogP contribution in [0.3, 0.4) is 0 Å². The van der Waals surface area contributed by atoms with Gasteiger partial charge in [0, 0.05) is 74.4 Å². The molecule has 3 aromatic rings. The maximum absolute atomic E-state index is 6.01. The number of benzene rings is 1. The van der Waals surface area contributed by atoms with Gasteiger partial charge in [-0.25, -0.2) is 4.98 Å². The third kappa shape index (κ3) is 5.61. The summed E-state index contributed by atoms with van der Waals surface area (Å²) in [5.41, 5.74) is 1.96. The SMILES string of the molecule is S=C(Nc1nc(-c2ccc(Cl)cc2)cs1)N1CCN(c2nc(N3CCCC3)cc(N3CCCC3)n2)CC1. The van der Waals surface area contributed by atoms with Gasteiger partial charge in [0.15, 0.2) is 10.2 Å². The summed E-state index contributed by atoms with van der Waals surface area (Å²) < 4.78 is 0. The third-order valence-corrected chi connectivity index (χ3v) is 8.63. The number of nitrogens with one attached hydrogen (secondary N) is 1. The second-order valence-electron chi connectivity index (χ2n) is 9.72. The van der Waals surface area contributed by atoms with E-state index >= 15 is 0 Å². The van der Waals surface area contributed by atoms with Gasteiger partial charge in [0.2, 0.25) is 5.95 Å². The average molecular weight is 555 g/mol. The van der Waals surface area contributed by atoms with Crippen LogP contribution >= 0.6 is 35.2 Å². The average Bonchev–Trinajstić information content (AvgIpc) is 3.72. The fourth-order valence-corrected chi connectivity index (χ4v) is 6.32. The van der Waals surface area contributed by atoms with Gasteiger partial charge in [-0.3, -0.25) is 0 Å². The fourth-order valence-electron chi connectivity index (χ4n) is 5.13. The molecule has 5 heterocycles. The summed E-state index contributed by atoms with van der Waals surface area (Å²) in [7, 11) is 0. The van der Waals surface area contributed by atoms with Gasteiger partial charge in [-0.1, -0.05) is 23.7 Å². The van der Waals surface area contributed by atoms with E-state index in [4.69, 9.17) is 38.8 Å². The summed E-state index contributed by atoms with van der Waals surface area (Å²) in [4.78, 5) is 24.1. The second-order valence-corrected chi connectivity index (χ2v) is 11.4. The molecule has 194 valence electrons. The van der Waals surface area contributed by atoms with Gasteiger partial charge < -0.3 is 24.9 Å². The summed E-state index contributed by atoms with van der Waals surface area (Å²) in [5, 5.41) is 7.60. The first kappa shape index (κ1) is 24.6. The molecule has 1 aromatic carbocycles. The number of thiazole rings is 1. The Hall–Kier alpha value is -2.69. The number of rotatable bonds is 5. The van der Waals surface area contributed by atoms with Crippen LogP contribution < -0.4 is 20.0 Å². The third-order valence-electron chi connectivity index (χ3n) is 7.26. The molecule has 11 heteroatoms. The molecule has 3 saturated heterocycles. The maximum Gasteiger partial charge on any atom is 0.229 e. The Morgan fingerprint density at radius 2 is 1.38 bits per heavy atom. The molecular formula is C26H31ClN8S2. The van der Waals surface area contributed by atoms with E-state index < -0.39 is 0 Å². The minimum Gasteiger partial charge on any atom is -0.356 e. The van der Waals surface area contributed by atoms with Crippen LogP contribution in [0.15, 0.2) is 35.7 Å². The van der Waals surface area contributed by atoms with E-state index in [-0.39, 0.29) is 0 Å². The van der Waals surface area contributed by atoms with Gasteiger partial charge in [-0.05, 0) is 50.0 Å². The Morgan fingerprint density at radius 1 is 0.784 bits per heavy atom. The van der Waals surface area contributed by atoms with E-state index in [1.54, 1.807) is 11.3 Å². The highest BCUT2D eigenvalue weighted by Crippen LogP contribution is 2.29. The molecule has 1 N–H and O–H groups in total. The number of piperazine rings is 1. The lowest BCUT2D eigenvalue weighted by Gasteiger charge is -2.36. The van der Waals surface area contributed by atoms with Crippen molar-refractivity contribution in [2.45, 2.75) is 25.7 Å². The monoisotopic (exact) mass is 554 g/mol. The standard InChI is InChI=1S/C26H31ClN8S2/c27-20-7-5-19(6-8-20)21-18-37-25(28-21)31-26(36)35-15-13-34(14-16-35)24-29-22(32-9-1-2-10-32)17-23(30-24)33-11-3-4-12-33/h5-8,17-18H,1-4,9-16H2,(H,28,31,36). The topological polar surface area (TPSA) is 63.7 Å². The zero-order valence-corrected chi connectivity index (χ0v) is 23.2. The molecule has 3 aliphatic rings. The molecule has 37 heavy (non-hydrogen) atoms. The number of nitrogens with zero attached hydrogens (tertiary/aromatic N) is 7. The normalized spacial score (nSPS) is 18.1. The van der Waals surface area contributed by atoms with Gasteiger partial charge in [0.05, 0.1) is 5.69 Å². The van der Waals surface area contributed by atoms with Crippen molar-refractivity contribution < 1.29 is 0 Å². The van der Waals surface area contributed by atoms with Crippen LogP contribution in [0.5, 0.6) is 0 Å². The van der Waals surface area contributed by atoms with Crippen molar-refractivity contribution in [1.29, 1.82) is 0 Å². The number of halogens is 1. The highest BCUT2D eigenvalue weighted by atomic mass is 35.5. The van der Waals surface area contributed by atoms with Crippen LogP contribution in [0.2, 0.25) is 5.02 Å². The van der Waals surface area contributed by atoms with E-state index in [9.17, 15) is 0 Å². The molecule has 8 nitrogen and oxygen atoms in total. The first-order valence-electron chi connectivity index (χ1n) is 13.0. The molecule has 3 aliphatic heterocycles. The smallest absolute Gasteiger partial charge is 0.229 e. The number of thiocarbonyl (C=S) groups is 1. The van der Waals surface area contributed by atoms with Crippen LogP contribution in [0.4, 0.5) is 22.7 Å². The predicted molar refractivity (Wildman–Crippen MR) is 157 cm³/mol. The maximum atomic E-state index is 6.01. The van der Waals surface area contributed by atoms with E-state index in [1.165, 1.54) is 25.7 Å². The van der Waals surface area contributed by atoms with E-state index in [1.807, 2.05) is 29.6 Å². The first-order chi connectivity index (χ1) is 18.1. The van der Waals surface area contributed by atoms with Gasteiger partial charge in [-0.15, -0.1) is 11.3 Å². The van der Waals surface area contributed by atoms with Crippen LogP contribution in [0.25, 0.3) is 11.3 Å². The molecule has 0 atom stereocenters. The van der Waals surface area contributed by atoms with Crippen LogP contribution in [-0.2, 0) is 0 Å². The predicted octanol–water partition coefficient (Wildman–Crippen LogP) is 4.97. The molecule has 0 unspecified atom stereocenters. The van der Waals surface area contributed by atoms with E-state index in [0.717, 1.165) is 91.4 Å². The molecule has 0 radical (unpaired) electrons. The van der Waals surface area contributed by atoms with Crippen molar-refractivity contribution in [3.8, 4) is 11.3 Å². The van der Waals surface area contributed by atoms with Crippen LogP contribution in [0.1, 0.15) is 25.7 Å². The summed E-state index contributed by atoms with van der Waals surface area (Å²) in [6.45, 7) is 7.63. The largest absolute Gasteiger partial charge is 0.356 e. The van der Waals surface area contributed by atoms with Crippen molar-refractivity contribution >= 4 is 63.0 Å². The second kappa shape index (κ2) is 11.0. The quantitative estimate of drug-likeness (QED) is 0.440. The van der Waals surface area contributed by atoms with Crippen LogP contribution in [-0.4, -0.2) is 77.3 Å². The highest BCUT2D eigenvalue weighted by Gasteiger charge is 2.25. The molecule has 0 spiro atoms. The molecule has 0 amide bonds. The molecular weight excluding hydrogens is 524 g/mol. The molecule has 0 saturated carbocycles. The van der Waals surface area contributed by atoms with Crippen molar-refractivity contribution in [3.63, 3.8) is 0 Å². The Bertz CT molecular complexity index is 1200. The highest BCUT2D eigenvalue weighted by molar-refractivity contribution is 7.80. The fraction of sp³-hybridized carbons (Fsp3) is 0.462. The lowest BCUT2D eigenvalue weighted by atomic mass is 10.2. The van der Waals surface area contributed by atoms with Gasteiger partial charge >= 0.3 is 0 Å². The number of hydrogen-bond acceptors (Lipinski definition) is 8. The van der Waals surface area contributed by atoms with Crippen molar-refractivity contribution in [1.82, 2.24) is 19.9 Å². The Labute approximate surface area is 232 Å². The number of aromatic nitrogens is 3. The number of anilines is 4. The Morgan fingerprint density at radius 3 is 1.97 bits per heavy atom. The minimum absolute atomic E-state index is 0.709. The first-order valence-corrected chi connectivity index (χ1v) is 14.7. The minimum atomic E-state index is 0.709. The van der Waals surface area contributed by atoms with Crippen molar-refractivity contribution in [2.75, 3.05) is 72.4 Å². The Balaban J connectivity index is 1.10. The van der Waals surface area contributed by atoms with E-state index in [0.29, 0.717) is 5.11 Å². The zero-order valence-electron chi connectivity index (χ0n) is 20.8. The molecule has 0 bridgehead atoms. The van der Waals surface area contributed by atoms with Gasteiger partial charge in [0.25, 0.3) is 0 Å². The summed E-state index contributed by atoms with van der Waals surface area (Å²) >= 11 is 13.3. The van der Waals surface area contributed by atoms with Crippen LogP contribution in [0, 0.1) is 0 Å². The lowest BCUT2D eigenvalue weighted by molar-refractivity contribution is 0.388. The van der Waals surface area contributed by atoms with Crippen molar-refractivity contribution in [2.24, 2.45) is 0 Å². The summed E-state index contributed by atoms with van der Waals surface area (Å²) in [6.07, 6.45) is 4.95. The van der Waals surface area contributed by atoms with Gasteiger partial charge in [-0.2, -0.15) is 9.97 Å². The summed E-state index contributed by atoms with van der Waals surface area (Å²) in [5.74, 6) is 2.99. The molecule has 6 rings (SSSR count). The molecule has 0 aliphatic carbocycles. The zero-order chi connectivity index (χ0) is 25.2. The van der Waals surface area contributed by atoms with Crippen molar-refractivity contribution in [3.05, 3.63) is 40.7 Å².